The fraction of sp³-hybridized carbons (Fsp3) is 0.235. The van der Waals surface area contributed by atoms with Crippen molar-refractivity contribution in [1.82, 2.24) is 5.32 Å². The lowest BCUT2D eigenvalue weighted by atomic mass is 10.1. The molecule has 0 aliphatic carbocycles. The molecule has 0 aliphatic heterocycles. The van der Waals surface area contributed by atoms with E-state index in [0.717, 1.165) is 11.3 Å². The highest BCUT2D eigenvalue weighted by Gasteiger charge is 2.23. The van der Waals surface area contributed by atoms with E-state index in [1.165, 1.54) is 13.8 Å². The van der Waals surface area contributed by atoms with Gasteiger partial charge in [0.25, 0.3) is 5.91 Å². The van der Waals surface area contributed by atoms with Crippen molar-refractivity contribution in [3.8, 4) is 11.5 Å². The van der Waals surface area contributed by atoms with Crippen molar-refractivity contribution in [3.63, 3.8) is 0 Å². The Bertz CT molecular complexity index is 603. The zero-order valence-corrected chi connectivity index (χ0v) is 12.2. The molecule has 0 unspecified atom stereocenters. The molecule has 0 saturated heterocycles. The van der Waals surface area contributed by atoms with Crippen LogP contribution in [-0.2, 0) is 11.3 Å². The van der Waals surface area contributed by atoms with Crippen LogP contribution in [0, 0.1) is 0 Å². The number of carbonyl (C=O) groups is 1. The van der Waals surface area contributed by atoms with Gasteiger partial charge in [0.1, 0.15) is 17.1 Å². The van der Waals surface area contributed by atoms with Gasteiger partial charge in [0.2, 0.25) is 0 Å². The fourth-order valence-corrected chi connectivity index (χ4v) is 1.76. The average molecular weight is 285 g/mol. The SMILES string of the molecule is CC(C)(O)C(=O)NCc1ccccc1Oc1ccccc1. The maximum Gasteiger partial charge on any atom is 0.251 e. The number of ether oxygens (including phenoxy) is 1. The van der Waals surface area contributed by atoms with Crippen molar-refractivity contribution in [2.24, 2.45) is 0 Å². The molecular formula is C17H19NO3. The third-order valence-corrected chi connectivity index (χ3v) is 2.94. The van der Waals surface area contributed by atoms with Gasteiger partial charge in [0, 0.05) is 12.1 Å². The molecule has 0 spiro atoms. The Balaban J connectivity index is 2.09. The third kappa shape index (κ3) is 4.33. The molecule has 0 atom stereocenters. The lowest BCUT2D eigenvalue weighted by Crippen LogP contribution is -2.41. The van der Waals surface area contributed by atoms with Gasteiger partial charge >= 0.3 is 0 Å². The molecule has 21 heavy (non-hydrogen) atoms. The van der Waals surface area contributed by atoms with Gasteiger partial charge in [-0.25, -0.2) is 0 Å². The van der Waals surface area contributed by atoms with Crippen LogP contribution in [0.3, 0.4) is 0 Å². The van der Waals surface area contributed by atoms with Crippen LogP contribution in [0.5, 0.6) is 11.5 Å². The Morgan fingerprint density at radius 3 is 2.38 bits per heavy atom. The second kappa shape index (κ2) is 6.41. The largest absolute Gasteiger partial charge is 0.457 e. The van der Waals surface area contributed by atoms with E-state index >= 15 is 0 Å². The first kappa shape index (κ1) is 15.1. The molecule has 0 bridgehead atoms. The molecule has 0 heterocycles. The predicted octanol–water partition coefficient (Wildman–Crippen LogP) is 2.87. The maximum absolute atomic E-state index is 11.7. The minimum Gasteiger partial charge on any atom is -0.457 e. The highest BCUT2D eigenvalue weighted by atomic mass is 16.5. The quantitative estimate of drug-likeness (QED) is 0.888. The number of aliphatic hydroxyl groups is 1. The van der Waals surface area contributed by atoms with E-state index in [2.05, 4.69) is 5.32 Å². The van der Waals surface area contributed by atoms with Crippen LogP contribution in [0.4, 0.5) is 0 Å². The van der Waals surface area contributed by atoms with Gasteiger partial charge < -0.3 is 15.2 Å². The topological polar surface area (TPSA) is 58.6 Å². The molecule has 4 nitrogen and oxygen atoms in total. The van der Waals surface area contributed by atoms with Crippen LogP contribution in [0.15, 0.2) is 54.6 Å². The van der Waals surface area contributed by atoms with E-state index in [-0.39, 0.29) is 0 Å². The first-order chi connectivity index (χ1) is 9.97. The lowest BCUT2D eigenvalue weighted by Gasteiger charge is -2.17. The molecule has 2 aromatic rings. The minimum absolute atomic E-state index is 0.297. The number of amides is 1. The molecule has 0 radical (unpaired) electrons. The summed E-state index contributed by atoms with van der Waals surface area (Å²) >= 11 is 0. The highest BCUT2D eigenvalue weighted by molar-refractivity contribution is 5.83. The van der Waals surface area contributed by atoms with E-state index in [0.29, 0.717) is 12.3 Å². The number of nitrogens with one attached hydrogen (secondary N) is 1. The molecule has 0 aromatic heterocycles. The third-order valence-electron chi connectivity index (χ3n) is 2.94. The first-order valence-corrected chi connectivity index (χ1v) is 6.78. The monoisotopic (exact) mass is 285 g/mol. The molecule has 0 aliphatic rings. The normalized spacial score (nSPS) is 11.0. The second-order valence-corrected chi connectivity index (χ2v) is 5.26. The summed E-state index contributed by atoms with van der Waals surface area (Å²) in [7, 11) is 0. The summed E-state index contributed by atoms with van der Waals surface area (Å²) in [6.45, 7) is 3.20. The Morgan fingerprint density at radius 1 is 1.10 bits per heavy atom. The molecule has 1 amide bonds. The smallest absolute Gasteiger partial charge is 0.251 e. The van der Waals surface area contributed by atoms with E-state index in [4.69, 9.17) is 4.74 Å². The second-order valence-electron chi connectivity index (χ2n) is 5.26. The summed E-state index contributed by atoms with van der Waals surface area (Å²) in [6, 6.07) is 16.9. The highest BCUT2D eigenvalue weighted by Crippen LogP contribution is 2.24. The molecule has 2 aromatic carbocycles. The standard InChI is InChI=1S/C17H19NO3/c1-17(2,20)16(19)18-12-13-8-6-7-11-15(13)21-14-9-4-3-5-10-14/h3-11,20H,12H2,1-2H3,(H,18,19). The molecule has 4 heteroatoms. The van der Waals surface area contributed by atoms with Crippen molar-refractivity contribution in [2.45, 2.75) is 26.0 Å². The van der Waals surface area contributed by atoms with Gasteiger partial charge in [0.15, 0.2) is 0 Å². The van der Waals surface area contributed by atoms with E-state index in [1.54, 1.807) is 0 Å². The fourth-order valence-electron chi connectivity index (χ4n) is 1.76. The Morgan fingerprint density at radius 2 is 1.71 bits per heavy atom. The van der Waals surface area contributed by atoms with Crippen LogP contribution >= 0.6 is 0 Å². The summed E-state index contributed by atoms with van der Waals surface area (Å²) in [4.78, 5) is 11.7. The predicted molar refractivity (Wildman–Crippen MR) is 81.1 cm³/mol. The van der Waals surface area contributed by atoms with Crippen LogP contribution < -0.4 is 10.1 Å². The van der Waals surface area contributed by atoms with Crippen LogP contribution in [0.1, 0.15) is 19.4 Å². The van der Waals surface area contributed by atoms with Crippen LogP contribution in [-0.4, -0.2) is 16.6 Å². The molecular weight excluding hydrogens is 266 g/mol. The van der Waals surface area contributed by atoms with Crippen molar-refractivity contribution in [1.29, 1.82) is 0 Å². The number of hydrogen-bond acceptors (Lipinski definition) is 3. The van der Waals surface area contributed by atoms with Gasteiger partial charge in [-0.15, -0.1) is 0 Å². The Kier molecular flexibility index (Phi) is 4.60. The van der Waals surface area contributed by atoms with E-state index in [1.807, 2.05) is 54.6 Å². The number of benzene rings is 2. The first-order valence-electron chi connectivity index (χ1n) is 6.78. The molecule has 0 fully saturated rings. The van der Waals surface area contributed by atoms with Crippen molar-refractivity contribution < 1.29 is 14.6 Å². The van der Waals surface area contributed by atoms with Crippen molar-refractivity contribution in [3.05, 3.63) is 60.2 Å². The summed E-state index contributed by atoms with van der Waals surface area (Å²) in [5, 5.41) is 12.3. The van der Waals surface area contributed by atoms with Gasteiger partial charge in [-0.05, 0) is 32.0 Å². The molecule has 110 valence electrons. The van der Waals surface area contributed by atoms with Crippen molar-refractivity contribution in [2.75, 3.05) is 0 Å². The summed E-state index contributed by atoms with van der Waals surface area (Å²) in [6.07, 6.45) is 0. The zero-order chi connectivity index (χ0) is 15.3. The minimum atomic E-state index is -1.39. The molecule has 2 rings (SSSR count). The van der Waals surface area contributed by atoms with E-state index < -0.39 is 11.5 Å². The summed E-state index contributed by atoms with van der Waals surface area (Å²) in [5.41, 5.74) is -0.547. The summed E-state index contributed by atoms with van der Waals surface area (Å²) in [5.74, 6) is 0.996. The van der Waals surface area contributed by atoms with Gasteiger partial charge in [-0.3, -0.25) is 4.79 Å². The number of carbonyl (C=O) groups excluding carboxylic acids is 1. The lowest BCUT2D eigenvalue weighted by molar-refractivity contribution is -0.136. The van der Waals surface area contributed by atoms with Crippen LogP contribution in [0.25, 0.3) is 0 Å². The van der Waals surface area contributed by atoms with Gasteiger partial charge in [-0.2, -0.15) is 0 Å². The Labute approximate surface area is 124 Å². The number of rotatable bonds is 5. The molecule has 0 saturated carbocycles. The average Bonchev–Trinajstić information content (AvgIpc) is 2.46. The van der Waals surface area contributed by atoms with Crippen molar-refractivity contribution >= 4 is 5.91 Å². The number of hydrogen-bond donors (Lipinski definition) is 2. The zero-order valence-electron chi connectivity index (χ0n) is 12.2. The number of para-hydroxylation sites is 2. The van der Waals surface area contributed by atoms with Gasteiger partial charge in [-0.1, -0.05) is 36.4 Å². The van der Waals surface area contributed by atoms with Crippen LogP contribution in [0.2, 0.25) is 0 Å². The Hall–Kier alpha value is -2.33. The molecule has 2 N–H and O–H groups in total. The van der Waals surface area contributed by atoms with E-state index in [9.17, 15) is 9.90 Å². The van der Waals surface area contributed by atoms with Gasteiger partial charge in [0.05, 0.1) is 0 Å². The summed E-state index contributed by atoms with van der Waals surface area (Å²) < 4.78 is 5.81. The maximum atomic E-state index is 11.7.